The fourth-order valence-electron chi connectivity index (χ4n) is 1.03. The summed E-state index contributed by atoms with van der Waals surface area (Å²) in [5, 5.41) is 9.09. The van der Waals surface area contributed by atoms with E-state index >= 15 is 0 Å². The number of ether oxygens (including phenoxy) is 1. The molecule has 1 aromatic rings. The molecule has 0 aliphatic carbocycles. The maximum Gasteiger partial charge on any atom is 0.345 e. The molecule has 0 aliphatic heterocycles. The van der Waals surface area contributed by atoms with Gasteiger partial charge in [0.05, 0.1) is 12.6 Å². The maximum absolute atomic E-state index is 11.7. The lowest BCUT2D eigenvalue weighted by atomic mass is 10.1. The van der Waals surface area contributed by atoms with E-state index in [2.05, 4.69) is 4.74 Å². The largest absolute Gasteiger partial charge is 0.508 e. The van der Waals surface area contributed by atoms with Crippen molar-refractivity contribution in [2.75, 3.05) is 6.61 Å². The van der Waals surface area contributed by atoms with E-state index in [0.717, 1.165) is 0 Å². The lowest BCUT2D eigenvalue weighted by molar-refractivity contribution is -0.132. The van der Waals surface area contributed by atoms with E-state index in [1.54, 1.807) is 12.1 Å². The first-order chi connectivity index (χ1) is 6.59. The van der Waals surface area contributed by atoms with Crippen LogP contribution in [0.4, 0.5) is 8.78 Å². The van der Waals surface area contributed by atoms with Crippen LogP contribution in [0.1, 0.15) is 11.6 Å². The van der Waals surface area contributed by atoms with Crippen molar-refractivity contribution in [3.8, 4) is 5.75 Å². The van der Waals surface area contributed by atoms with Crippen LogP contribution in [0.5, 0.6) is 5.75 Å². The van der Waals surface area contributed by atoms with Gasteiger partial charge in [-0.25, -0.2) is 0 Å². The Balaban J connectivity index is 2.56. The van der Waals surface area contributed by atoms with Gasteiger partial charge in [0.1, 0.15) is 5.75 Å². The average Bonchev–Trinajstić information content (AvgIpc) is 2.14. The van der Waals surface area contributed by atoms with Crippen LogP contribution in [-0.4, -0.2) is 18.3 Å². The van der Waals surface area contributed by atoms with Crippen molar-refractivity contribution in [3.63, 3.8) is 0 Å². The number of alkyl halides is 2. The normalized spacial score (nSPS) is 13.1. The molecule has 78 valence electrons. The molecule has 3 N–H and O–H groups in total. The summed E-state index contributed by atoms with van der Waals surface area (Å²) < 4.78 is 27.4. The minimum absolute atomic E-state index is 0.0509. The molecule has 0 aliphatic rings. The van der Waals surface area contributed by atoms with Crippen molar-refractivity contribution in [1.82, 2.24) is 0 Å². The van der Waals surface area contributed by atoms with Gasteiger partial charge in [-0.1, -0.05) is 12.1 Å². The second-order valence-electron chi connectivity index (χ2n) is 2.80. The smallest absolute Gasteiger partial charge is 0.345 e. The first-order valence-corrected chi connectivity index (χ1v) is 4.04. The standard InChI is InChI=1S/C9H11F2NO2/c10-9(11)14-5-8(12)6-2-1-3-7(13)4-6/h1-4,8-9,13H,5,12H2. The third-order valence-electron chi connectivity index (χ3n) is 1.70. The number of benzene rings is 1. The summed E-state index contributed by atoms with van der Waals surface area (Å²) in [4.78, 5) is 0. The third kappa shape index (κ3) is 3.27. The van der Waals surface area contributed by atoms with E-state index < -0.39 is 12.7 Å². The zero-order valence-corrected chi connectivity index (χ0v) is 7.36. The molecule has 1 atom stereocenters. The highest BCUT2D eigenvalue weighted by molar-refractivity contribution is 5.29. The Labute approximate surface area is 80.1 Å². The predicted octanol–water partition coefficient (Wildman–Crippen LogP) is 1.63. The Bertz CT molecular complexity index is 294. The molecule has 0 bridgehead atoms. The predicted molar refractivity (Wildman–Crippen MR) is 47.0 cm³/mol. The van der Waals surface area contributed by atoms with Crippen LogP contribution >= 0.6 is 0 Å². The van der Waals surface area contributed by atoms with Crippen LogP contribution in [0.15, 0.2) is 24.3 Å². The van der Waals surface area contributed by atoms with Gasteiger partial charge in [0.25, 0.3) is 0 Å². The van der Waals surface area contributed by atoms with E-state index in [1.807, 2.05) is 0 Å². The summed E-state index contributed by atoms with van der Waals surface area (Å²) in [6.45, 7) is -3.10. The lowest BCUT2D eigenvalue weighted by Gasteiger charge is -2.11. The van der Waals surface area contributed by atoms with Crippen LogP contribution in [-0.2, 0) is 4.74 Å². The third-order valence-corrected chi connectivity index (χ3v) is 1.70. The molecule has 3 nitrogen and oxygen atoms in total. The molecule has 0 spiro atoms. The van der Waals surface area contributed by atoms with Gasteiger partial charge < -0.3 is 15.6 Å². The van der Waals surface area contributed by atoms with Crippen molar-refractivity contribution in [2.45, 2.75) is 12.7 Å². The van der Waals surface area contributed by atoms with Crippen molar-refractivity contribution >= 4 is 0 Å². The van der Waals surface area contributed by atoms with Crippen LogP contribution < -0.4 is 5.73 Å². The number of phenols is 1. The Morgan fingerprint density at radius 2 is 2.14 bits per heavy atom. The fraction of sp³-hybridized carbons (Fsp3) is 0.333. The van der Waals surface area contributed by atoms with Crippen LogP contribution in [0.3, 0.4) is 0 Å². The SMILES string of the molecule is NC(COC(F)F)c1cccc(O)c1. The van der Waals surface area contributed by atoms with Gasteiger partial charge in [-0.15, -0.1) is 0 Å². The number of hydrogen-bond acceptors (Lipinski definition) is 3. The number of halogens is 2. The zero-order chi connectivity index (χ0) is 10.6. The minimum atomic E-state index is -2.82. The fourth-order valence-corrected chi connectivity index (χ4v) is 1.03. The van der Waals surface area contributed by atoms with E-state index in [4.69, 9.17) is 10.8 Å². The van der Waals surface area contributed by atoms with Crippen molar-refractivity contribution < 1.29 is 18.6 Å². The highest BCUT2D eigenvalue weighted by atomic mass is 19.3. The Morgan fingerprint density at radius 1 is 1.43 bits per heavy atom. The number of phenolic OH excluding ortho intramolecular Hbond substituents is 1. The van der Waals surface area contributed by atoms with Crippen molar-refractivity contribution in [1.29, 1.82) is 0 Å². The first-order valence-electron chi connectivity index (χ1n) is 4.04. The Kier molecular flexibility index (Phi) is 3.79. The van der Waals surface area contributed by atoms with Gasteiger partial charge >= 0.3 is 6.61 Å². The molecule has 5 heteroatoms. The summed E-state index contributed by atoms with van der Waals surface area (Å²) in [5.41, 5.74) is 6.10. The van der Waals surface area contributed by atoms with Crippen molar-refractivity contribution in [3.05, 3.63) is 29.8 Å². The Morgan fingerprint density at radius 3 is 2.71 bits per heavy atom. The molecule has 0 fully saturated rings. The van der Waals surface area contributed by atoms with Gasteiger partial charge in [0, 0.05) is 0 Å². The second kappa shape index (κ2) is 4.88. The first kappa shape index (κ1) is 10.9. The number of nitrogens with two attached hydrogens (primary N) is 1. The van der Waals surface area contributed by atoms with Gasteiger partial charge in [0.2, 0.25) is 0 Å². The molecule has 0 amide bonds. The van der Waals surface area contributed by atoms with Crippen LogP contribution in [0, 0.1) is 0 Å². The summed E-state index contributed by atoms with van der Waals surface area (Å²) >= 11 is 0. The number of hydrogen-bond donors (Lipinski definition) is 2. The van der Waals surface area contributed by atoms with E-state index in [0.29, 0.717) is 5.56 Å². The van der Waals surface area contributed by atoms with Crippen LogP contribution in [0.25, 0.3) is 0 Å². The molecule has 0 radical (unpaired) electrons. The highest BCUT2D eigenvalue weighted by Gasteiger charge is 2.10. The molecule has 0 saturated heterocycles. The minimum Gasteiger partial charge on any atom is -0.508 e. The Hall–Kier alpha value is -1.20. The van der Waals surface area contributed by atoms with Crippen LogP contribution in [0.2, 0.25) is 0 Å². The molecule has 1 aromatic carbocycles. The molecule has 14 heavy (non-hydrogen) atoms. The lowest BCUT2D eigenvalue weighted by Crippen LogP contribution is -2.18. The highest BCUT2D eigenvalue weighted by Crippen LogP contribution is 2.17. The van der Waals surface area contributed by atoms with E-state index in [-0.39, 0.29) is 12.4 Å². The summed E-state index contributed by atoms with van der Waals surface area (Å²) in [6.07, 6.45) is 0. The molecule has 0 aromatic heterocycles. The van der Waals surface area contributed by atoms with Gasteiger partial charge in [-0.2, -0.15) is 8.78 Å². The number of rotatable bonds is 4. The topological polar surface area (TPSA) is 55.5 Å². The van der Waals surface area contributed by atoms with Gasteiger partial charge in [0.15, 0.2) is 0 Å². The summed E-state index contributed by atoms with van der Waals surface area (Å²) in [7, 11) is 0. The second-order valence-corrected chi connectivity index (χ2v) is 2.80. The molecule has 0 heterocycles. The molecular weight excluding hydrogens is 192 g/mol. The molecule has 0 saturated carbocycles. The summed E-state index contributed by atoms with van der Waals surface area (Å²) in [6, 6.07) is 5.46. The van der Waals surface area contributed by atoms with Gasteiger partial charge in [-0.3, -0.25) is 0 Å². The number of aromatic hydroxyl groups is 1. The van der Waals surface area contributed by atoms with Gasteiger partial charge in [-0.05, 0) is 17.7 Å². The zero-order valence-electron chi connectivity index (χ0n) is 7.36. The van der Waals surface area contributed by atoms with Crippen molar-refractivity contribution in [2.24, 2.45) is 5.73 Å². The summed E-state index contributed by atoms with van der Waals surface area (Å²) in [5.74, 6) is 0.0509. The molecule has 1 rings (SSSR count). The molecular formula is C9H11F2NO2. The quantitative estimate of drug-likeness (QED) is 0.781. The molecule has 1 unspecified atom stereocenters. The van der Waals surface area contributed by atoms with E-state index in [9.17, 15) is 8.78 Å². The maximum atomic E-state index is 11.7. The average molecular weight is 203 g/mol. The van der Waals surface area contributed by atoms with E-state index in [1.165, 1.54) is 12.1 Å². The monoisotopic (exact) mass is 203 g/mol.